The van der Waals surface area contributed by atoms with Crippen LogP contribution in [0.4, 0.5) is 5.69 Å². The van der Waals surface area contributed by atoms with Crippen molar-refractivity contribution >= 4 is 34.7 Å². The molecule has 1 aliphatic heterocycles. The van der Waals surface area contributed by atoms with Gasteiger partial charge in [-0.2, -0.15) is 0 Å². The van der Waals surface area contributed by atoms with E-state index in [1.54, 1.807) is 24.4 Å². The molecular formula is C23H23N3O4. The van der Waals surface area contributed by atoms with Crippen LogP contribution in [-0.2, 0) is 20.8 Å². The zero-order valence-corrected chi connectivity index (χ0v) is 16.8. The van der Waals surface area contributed by atoms with Gasteiger partial charge in [-0.15, -0.1) is 0 Å². The fourth-order valence-electron chi connectivity index (χ4n) is 3.58. The summed E-state index contributed by atoms with van der Waals surface area (Å²) in [5, 5.41) is 0.992. The first-order chi connectivity index (χ1) is 14.7. The fourth-order valence-corrected chi connectivity index (χ4v) is 3.58. The summed E-state index contributed by atoms with van der Waals surface area (Å²) in [6.07, 6.45) is 3.65. The number of aromatic nitrogens is 1. The van der Waals surface area contributed by atoms with E-state index in [1.165, 1.54) is 7.11 Å². The number of amides is 1. The predicted octanol–water partition coefficient (Wildman–Crippen LogP) is 3.04. The molecule has 0 bridgehead atoms. The number of morpholine rings is 1. The molecule has 30 heavy (non-hydrogen) atoms. The average Bonchev–Trinajstić information content (AvgIpc) is 3.15. The predicted molar refractivity (Wildman–Crippen MR) is 114 cm³/mol. The molecule has 7 nitrogen and oxygen atoms in total. The highest BCUT2D eigenvalue weighted by molar-refractivity contribution is 6.02. The van der Waals surface area contributed by atoms with Gasteiger partial charge in [0.25, 0.3) is 0 Å². The topological polar surface area (TPSA) is 73.1 Å². The second-order valence-corrected chi connectivity index (χ2v) is 6.99. The highest BCUT2D eigenvalue weighted by Crippen LogP contribution is 2.23. The number of hydrogen-bond acceptors (Lipinski definition) is 5. The van der Waals surface area contributed by atoms with Gasteiger partial charge >= 0.3 is 5.97 Å². The van der Waals surface area contributed by atoms with E-state index in [0.717, 1.165) is 16.5 Å². The number of carbonyl (C=O) groups excluding carboxylic acids is 2. The van der Waals surface area contributed by atoms with Crippen molar-refractivity contribution in [3.63, 3.8) is 0 Å². The van der Waals surface area contributed by atoms with Crippen LogP contribution in [0, 0.1) is 0 Å². The maximum absolute atomic E-state index is 12.7. The summed E-state index contributed by atoms with van der Waals surface area (Å²) in [6, 6.07) is 14.9. The molecule has 0 saturated carbocycles. The minimum absolute atomic E-state index is 0.0681. The molecule has 1 fully saturated rings. The molecule has 1 aliphatic rings. The summed E-state index contributed by atoms with van der Waals surface area (Å²) >= 11 is 0. The first-order valence-corrected chi connectivity index (χ1v) is 9.82. The first-order valence-electron chi connectivity index (χ1n) is 9.82. The van der Waals surface area contributed by atoms with Crippen LogP contribution in [0.5, 0.6) is 0 Å². The SMILES string of the molecule is COC(=O)c1ccccc1N=Cc1cn(CC(=O)N2CCOCC2)c2ccccc12. The van der Waals surface area contributed by atoms with Gasteiger partial charge in [-0.25, -0.2) is 4.79 Å². The third kappa shape index (κ3) is 4.11. The Hall–Kier alpha value is -3.45. The minimum atomic E-state index is -0.429. The second-order valence-electron chi connectivity index (χ2n) is 6.99. The van der Waals surface area contributed by atoms with E-state index in [-0.39, 0.29) is 12.5 Å². The number of methoxy groups -OCH3 is 1. The third-order valence-corrected chi connectivity index (χ3v) is 5.14. The summed E-state index contributed by atoms with van der Waals surface area (Å²) in [7, 11) is 1.35. The number of aliphatic imine (C=N–C) groups is 1. The summed E-state index contributed by atoms with van der Waals surface area (Å²) in [5.41, 5.74) is 2.77. The van der Waals surface area contributed by atoms with Crippen molar-refractivity contribution in [3.05, 3.63) is 65.9 Å². The van der Waals surface area contributed by atoms with Gasteiger partial charge in [0.2, 0.25) is 5.91 Å². The number of benzene rings is 2. The maximum Gasteiger partial charge on any atom is 0.340 e. The fraction of sp³-hybridized carbons (Fsp3) is 0.261. The molecule has 7 heteroatoms. The molecule has 1 aromatic heterocycles. The lowest BCUT2D eigenvalue weighted by Gasteiger charge is -2.27. The van der Waals surface area contributed by atoms with Crippen LogP contribution in [-0.4, -0.2) is 61.0 Å². The van der Waals surface area contributed by atoms with Gasteiger partial charge in [-0.05, 0) is 18.2 Å². The monoisotopic (exact) mass is 405 g/mol. The molecule has 2 aromatic carbocycles. The standard InChI is InChI=1S/C23H23N3O4/c1-29-23(28)19-7-2-4-8-20(19)24-14-17-15-26(21-9-5-3-6-18(17)21)16-22(27)25-10-12-30-13-11-25/h2-9,14-15H,10-13,16H2,1H3. The Morgan fingerprint density at radius 2 is 1.83 bits per heavy atom. The normalized spacial score (nSPS) is 14.4. The zero-order chi connectivity index (χ0) is 20.9. The van der Waals surface area contributed by atoms with Crippen molar-refractivity contribution < 1.29 is 19.1 Å². The van der Waals surface area contributed by atoms with E-state index in [9.17, 15) is 9.59 Å². The Kier molecular flexibility index (Phi) is 5.90. The maximum atomic E-state index is 12.7. The number of fused-ring (bicyclic) bond motifs is 1. The van der Waals surface area contributed by atoms with Gasteiger partial charge in [0.05, 0.1) is 31.6 Å². The molecule has 0 N–H and O–H groups in total. The number of carbonyl (C=O) groups is 2. The molecule has 0 radical (unpaired) electrons. The van der Waals surface area contributed by atoms with Gasteiger partial charge in [0.1, 0.15) is 6.54 Å². The van der Waals surface area contributed by atoms with Crippen LogP contribution in [0.15, 0.2) is 59.7 Å². The lowest BCUT2D eigenvalue weighted by molar-refractivity contribution is -0.135. The van der Waals surface area contributed by atoms with Gasteiger partial charge in [0.15, 0.2) is 0 Å². The van der Waals surface area contributed by atoms with Crippen molar-refractivity contribution in [1.29, 1.82) is 0 Å². The molecule has 1 amide bonds. The molecule has 0 spiro atoms. The summed E-state index contributed by atoms with van der Waals surface area (Å²) in [5.74, 6) is -0.361. The molecule has 0 aliphatic carbocycles. The van der Waals surface area contributed by atoms with Crippen molar-refractivity contribution in [3.8, 4) is 0 Å². The van der Waals surface area contributed by atoms with Crippen molar-refractivity contribution in [2.45, 2.75) is 6.54 Å². The van der Waals surface area contributed by atoms with Crippen molar-refractivity contribution in [2.75, 3.05) is 33.4 Å². The molecule has 2 heterocycles. The first kappa shape index (κ1) is 19.8. The van der Waals surface area contributed by atoms with E-state index in [0.29, 0.717) is 37.6 Å². The molecule has 3 aromatic rings. The number of nitrogens with zero attached hydrogens (tertiary/aromatic N) is 3. The third-order valence-electron chi connectivity index (χ3n) is 5.14. The Labute approximate surface area is 174 Å². The van der Waals surface area contributed by atoms with Crippen molar-refractivity contribution in [1.82, 2.24) is 9.47 Å². The van der Waals surface area contributed by atoms with E-state index < -0.39 is 5.97 Å². The van der Waals surface area contributed by atoms with Gasteiger partial charge in [0, 0.05) is 42.0 Å². The lowest BCUT2D eigenvalue weighted by Crippen LogP contribution is -2.42. The number of ether oxygens (including phenoxy) is 2. The number of esters is 1. The smallest absolute Gasteiger partial charge is 0.340 e. The molecule has 0 unspecified atom stereocenters. The van der Waals surface area contributed by atoms with E-state index in [1.807, 2.05) is 46.0 Å². The summed E-state index contributed by atoms with van der Waals surface area (Å²) in [6.45, 7) is 2.66. The average molecular weight is 405 g/mol. The molecule has 1 saturated heterocycles. The highest BCUT2D eigenvalue weighted by atomic mass is 16.5. The second kappa shape index (κ2) is 8.92. The van der Waals surface area contributed by atoms with Crippen LogP contribution in [0.25, 0.3) is 10.9 Å². The highest BCUT2D eigenvalue weighted by Gasteiger charge is 2.18. The van der Waals surface area contributed by atoms with Crippen LogP contribution in [0.1, 0.15) is 15.9 Å². The van der Waals surface area contributed by atoms with E-state index in [4.69, 9.17) is 9.47 Å². The quantitative estimate of drug-likeness (QED) is 0.483. The van der Waals surface area contributed by atoms with Crippen LogP contribution >= 0.6 is 0 Å². The molecule has 154 valence electrons. The summed E-state index contributed by atoms with van der Waals surface area (Å²) < 4.78 is 12.1. The van der Waals surface area contributed by atoms with E-state index >= 15 is 0 Å². The van der Waals surface area contributed by atoms with E-state index in [2.05, 4.69) is 4.99 Å². The Balaban J connectivity index is 1.64. The minimum Gasteiger partial charge on any atom is -0.465 e. The zero-order valence-electron chi connectivity index (χ0n) is 16.8. The largest absolute Gasteiger partial charge is 0.465 e. The van der Waals surface area contributed by atoms with Crippen LogP contribution in [0.2, 0.25) is 0 Å². The molecular weight excluding hydrogens is 382 g/mol. The lowest BCUT2D eigenvalue weighted by atomic mass is 10.1. The number of hydrogen-bond donors (Lipinski definition) is 0. The van der Waals surface area contributed by atoms with Gasteiger partial charge in [-0.1, -0.05) is 30.3 Å². The van der Waals surface area contributed by atoms with Gasteiger partial charge < -0.3 is 18.9 Å². The number of rotatable bonds is 5. The molecule has 0 atom stereocenters. The van der Waals surface area contributed by atoms with Crippen molar-refractivity contribution in [2.24, 2.45) is 4.99 Å². The Morgan fingerprint density at radius 1 is 1.10 bits per heavy atom. The Morgan fingerprint density at radius 3 is 2.63 bits per heavy atom. The van der Waals surface area contributed by atoms with Gasteiger partial charge in [-0.3, -0.25) is 9.79 Å². The van der Waals surface area contributed by atoms with Crippen LogP contribution in [0.3, 0.4) is 0 Å². The van der Waals surface area contributed by atoms with Crippen LogP contribution < -0.4 is 0 Å². The molecule has 4 rings (SSSR count). The summed E-state index contributed by atoms with van der Waals surface area (Å²) in [4.78, 5) is 31.1. The number of para-hydroxylation sites is 2. The Bertz CT molecular complexity index is 1100.